The molecule has 1 fully saturated rings. The summed E-state index contributed by atoms with van der Waals surface area (Å²) in [4.78, 5) is 25.2. The molecule has 0 bridgehead atoms. The van der Waals surface area contributed by atoms with Gasteiger partial charge in [0.2, 0.25) is 5.95 Å². The molecule has 3 rings (SSSR count). The van der Waals surface area contributed by atoms with Gasteiger partial charge >= 0.3 is 0 Å². The molecule has 1 amide bonds. The number of halogens is 3. The third-order valence-electron chi connectivity index (χ3n) is 5.16. The van der Waals surface area contributed by atoms with Crippen LogP contribution in [0.5, 0.6) is 0 Å². The molecular weight excluding hydrogens is 426 g/mol. The highest BCUT2D eigenvalue weighted by atomic mass is 35.5. The molecule has 2 aromatic rings. The Morgan fingerprint density at radius 2 is 1.58 bits per heavy atom. The fourth-order valence-corrected chi connectivity index (χ4v) is 3.42. The predicted octanol–water partition coefficient (Wildman–Crippen LogP) is 3.46. The van der Waals surface area contributed by atoms with Crippen LogP contribution < -0.4 is 20.4 Å². The highest BCUT2D eigenvalue weighted by Gasteiger charge is 2.24. The normalized spacial score (nSPS) is 18.0. The highest BCUT2D eigenvalue weighted by Crippen LogP contribution is 2.24. The summed E-state index contributed by atoms with van der Waals surface area (Å²) in [5.41, 5.74) is 0.127. The Hall–Kier alpha value is -2.68. The van der Waals surface area contributed by atoms with E-state index >= 15 is 0 Å². The van der Waals surface area contributed by atoms with Crippen molar-refractivity contribution in [1.82, 2.24) is 15.3 Å². The van der Waals surface area contributed by atoms with Gasteiger partial charge in [0.15, 0.2) is 11.6 Å². The minimum atomic E-state index is -1.02. The first kappa shape index (κ1) is 24.6. The number of rotatable bonds is 6. The zero-order chi connectivity index (χ0) is 21.8. The van der Waals surface area contributed by atoms with Gasteiger partial charge in [-0.15, -0.1) is 12.4 Å². The molecule has 1 aliphatic rings. The van der Waals surface area contributed by atoms with Crippen LogP contribution >= 0.6 is 12.4 Å². The van der Waals surface area contributed by atoms with Gasteiger partial charge in [-0.1, -0.05) is 0 Å². The number of anilines is 3. The predicted molar refractivity (Wildman–Crippen MR) is 121 cm³/mol. The molecule has 1 heterocycles. The van der Waals surface area contributed by atoms with Gasteiger partial charge in [-0.2, -0.15) is 9.97 Å². The number of aromatic nitrogens is 2. The number of hydrogen-bond acceptors (Lipinski definition) is 6. The second kappa shape index (κ2) is 10.6. The van der Waals surface area contributed by atoms with Gasteiger partial charge in [-0.3, -0.25) is 4.79 Å². The van der Waals surface area contributed by atoms with E-state index in [-0.39, 0.29) is 36.0 Å². The van der Waals surface area contributed by atoms with E-state index in [1.165, 1.54) is 6.07 Å². The van der Waals surface area contributed by atoms with Gasteiger partial charge in [0.25, 0.3) is 5.91 Å². The van der Waals surface area contributed by atoms with E-state index in [2.05, 4.69) is 20.6 Å². The van der Waals surface area contributed by atoms with Crippen molar-refractivity contribution in [3.63, 3.8) is 0 Å². The largest absolute Gasteiger partial charge is 0.367 e. The minimum Gasteiger partial charge on any atom is -0.367 e. The summed E-state index contributed by atoms with van der Waals surface area (Å²) in [6.45, 7) is 0. The minimum absolute atomic E-state index is 0. The number of carbonyl (C=O) groups is 1. The Kier molecular flexibility index (Phi) is 8.38. The van der Waals surface area contributed by atoms with Crippen molar-refractivity contribution in [2.75, 3.05) is 43.3 Å². The number of nitrogens with zero attached hydrogens (tertiary/aromatic N) is 4. The molecule has 0 aliphatic heterocycles. The SMILES string of the molecule is CN(C)c1cc(N[C@H]2CC[C@@H](NC(=O)c3ccc(F)c(F)c3)CC2)nc(N(C)C)n1.Cl. The summed E-state index contributed by atoms with van der Waals surface area (Å²) in [7, 11) is 7.68. The molecule has 0 atom stereocenters. The Morgan fingerprint density at radius 1 is 0.935 bits per heavy atom. The van der Waals surface area contributed by atoms with Crippen LogP contribution in [-0.4, -0.2) is 56.1 Å². The number of hydrogen-bond donors (Lipinski definition) is 2. The zero-order valence-corrected chi connectivity index (χ0v) is 19.0. The molecule has 0 unspecified atom stereocenters. The van der Waals surface area contributed by atoms with Crippen molar-refractivity contribution in [2.24, 2.45) is 0 Å². The van der Waals surface area contributed by atoms with Crippen LogP contribution in [0.3, 0.4) is 0 Å². The van der Waals surface area contributed by atoms with Gasteiger partial charge in [0.05, 0.1) is 0 Å². The topological polar surface area (TPSA) is 73.4 Å². The van der Waals surface area contributed by atoms with Gasteiger partial charge in [-0.25, -0.2) is 8.78 Å². The Balaban J connectivity index is 0.00000341. The first-order valence-electron chi connectivity index (χ1n) is 9.99. The van der Waals surface area contributed by atoms with Crippen LogP contribution in [0.15, 0.2) is 24.3 Å². The summed E-state index contributed by atoms with van der Waals surface area (Å²) in [6, 6.07) is 5.35. The highest BCUT2D eigenvalue weighted by molar-refractivity contribution is 5.94. The average Bonchev–Trinajstić information content (AvgIpc) is 2.71. The third kappa shape index (κ3) is 6.40. The van der Waals surface area contributed by atoms with Crippen LogP contribution in [0.1, 0.15) is 36.0 Å². The van der Waals surface area contributed by atoms with Gasteiger partial charge in [0, 0.05) is 51.9 Å². The summed E-state index contributed by atoms with van der Waals surface area (Å²) >= 11 is 0. The maximum Gasteiger partial charge on any atom is 0.251 e. The zero-order valence-electron chi connectivity index (χ0n) is 18.2. The van der Waals surface area contributed by atoms with Crippen LogP contribution in [0.25, 0.3) is 0 Å². The van der Waals surface area contributed by atoms with Crippen molar-refractivity contribution in [3.05, 3.63) is 41.5 Å². The maximum atomic E-state index is 13.4. The summed E-state index contributed by atoms with van der Waals surface area (Å²) in [5, 5.41) is 6.40. The quantitative estimate of drug-likeness (QED) is 0.696. The van der Waals surface area contributed by atoms with E-state index in [4.69, 9.17) is 0 Å². The summed E-state index contributed by atoms with van der Waals surface area (Å²) in [6.07, 6.45) is 3.31. The lowest BCUT2D eigenvalue weighted by molar-refractivity contribution is 0.0926. The average molecular weight is 455 g/mol. The standard InChI is InChI=1S/C21H28F2N6O.ClH/c1-28(2)19-12-18(26-21(27-19)29(3)4)24-14-6-8-15(9-7-14)25-20(30)13-5-10-16(22)17(23)11-13;/h5,10-12,14-15H,6-9H2,1-4H3,(H,25,30)(H,24,26,27);1H/t14-,15+;. The molecule has 10 heteroatoms. The molecule has 1 aliphatic carbocycles. The summed E-state index contributed by atoms with van der Waals surface area (Å²) < 4.78 is 26.4. The monoisotopic (exact) mass is 454 g/mol. The second-order valence-corrected chi connectivity index (χ2v) is 8.00. The molecule has 1 aromatic heterocycles. The smallest absolute Gasteiger partial charge is 0.251 e. The lowest BCUT2D eigenvalue weighted by Crippen LogP contribution is -2.40. The van der Waals surface area contributed by atoms with Crippen LogP contribution in [0.2, 0.25) is 0 Å². The van der Waals surface area contributed by atoms with Crippen molar-refractivity contribution in [3.8, 4) is 0 Å². The van der Waals surface area contributed by atoms with Crippen LogP contribution in [-0.2, 0) is 0 Å². The molecular formula is C21H29ClF2N6O. The van der Waals surface area contributed by atoms with Crippen LogP contribution in [0, 0.1) is 11.6 Å². The van der Waals surface area contributed by atoms with E-state index in [0.717, 1.165) is 49.5 Å². The number of amides is 1. The lowest BCUT2D eigenvalue weighted by Gasteiger charge is -2.30. The molecule has 31 heavy (non-hydrogen) atoms. The molecule has 0 spiro atoms. The first-order valence-corrected chi connectivity index (χ1v) is 9.99. The second-order valence-electron chi connectivity index (χ2n) is 8.00. The van der Waals surface area contributed by atoms with E-state index in [1.54, 1.807) is 0 Å². The molecule has 2 N–H and O–H groups in total. The Labute approximate surface area is 187 Å². The van der Waals surface area contributed by atoms with E-state index in [9.17, 15) is 13.6 Å². The number of benzene rings is 1. The Morgan fingerprint density at radius 3 is 2.16 bits per heavy atom. The maximum absolute atomic E-state index is 13.4. The Bertz CT molecular complexity index is 877. The van der Waals surface area contributed by atoms with E-state index in [1.807, 2.05) is 44.1 Å². The summed E-state index contributed by atoms with van der Waals surface area (Å²) in [5.74, 6) is -0.133. The van der Waals surface area contributed by atoms with Crippen LogP contribution in [0.4, 0.5) is 26.4 Å². The van der Waals surface area contributed by atoms with Crippen molar-refractivity contribution in [2.45, 2.75) is 37.8 Å². The molecule has 1 saturated carbocycles. The molecule has 0 radical (unpaired) electrons. The third-order valence-corrected chi connectivity index (χ3v) is 5.16. The van der Waals surface area contributed by atoms with E-state index < -0.39 is 11.6 Å². The fourth-order valence-electron chi connectivity index (χ4n) is 3.42. The van der Waals surface area contributed by atoms with Crippen molar-refractivity contribution < 1.29 is 13.6 Å². The van der Waals surface area contributed by atoms with Gasteiger partial charge < -0.3 is 20.4 Å². The van der Waals surface area contributed by atoms with Crippen molar-refractivity contribution >= 4 is 35.9 Å². The molecule has 0 saturated heterocycles. The molecule has 170 valence electrons. The fraction of sp³-hybridized carbons (Fsp3) is 0.476. The van der Waals surface area contributed by atoms with Gasteiger partial charge in [-0.05, 0) is 43.9 Å². The molecule has 1 aromatic carbocycles. The lowest BCUT2D eigenvalue weighted by atomic mass is 9.91. The molecule has 7 nitrogen and oxygen atoms in total. The number of nitrogens with one attached hydrogen (secondary N) is 2. The van der Waals surface area contributed by atoms with Crippen molar-refractivity contribution in [1.29, 1.82) is 0 Å². The van der Waals surface area contributed by atoms with E-state index in [0.29, 0.717) is 5.95 Å². The van der Waals surface area contributed by atoms with Gasteiger partial charge in [0.1, 0.15) is 11.6 Å². The first-order chi connectivity index (χ1) is 14.2. The number of carbonyl (C=O) groups excluding carboxylic acids is 1.